The first kappa shape index (κ1) is 20.3. The highest BCUT2D eigenvalue weighted by atomic mass is 16.5. The number of ether oxygens (including phenoxy) is 1. The molecule has 5 atom stereocenters. The van der Waals surface area contributed by atoms with Gasteiger partial charge < -0.3 is 39.8 Å². The summed E-state index contributed by atoms with van der Waals surface area (Å²) in [7, 11) is 0. The van der Waals surface area contributed by atoms with Gasteiger partial charge in [-0.3, -0.25) is 4.79 Å². The number of phenols is 2. The molecule has 0 aliphatic carbocycles. The third kappa shape index (κ3) is 3.42. The molecular formula is C21H20O9. The van der Waals surface area contributed by atoms with Crippen molar-refractivity contribution >= 4 is 11.0 Å². The minimum atomic E-state index is -1.62. The first-order valence-electron chi connectivity index (χ1n) is 9.21. The molecular weight excluding hydrogens is 396 g/mol. The number of aromatic hydroxyl groups is 2. The van der Waals surface area contributed by atoms with Crippen LogP contribution >= 0.6 is 0 Å². The van der Waals surface area contributed by atoms with E-state index < -0.39 is 42.6 Å². The maximum absolute atomic E-state index is 12.7. The Kier molecular flexibility index (Phi) is 5.22. The van der Waals surface area contributed by atoms with Gasteiger partial charge in [0, 0.05) is 23.3 Å². The highest BCUT2D eigenvalue weighted by molar-refractivity contribution is 5.81. The Morgan fingerprint density at radius 2 is 1.60 bits per heavy atom. The van der Waals surface area contributed by atoms with Gasteiger partial charge in [-0.25, -0.2) is 0 Å². The molecule has 9 nitrogen and oxygen atoms in total. The van der Waals surface area contributed by atoms with Gasteiger partial charge in [0.1, 0.15) is 53.4 Å². The molecule has 0 unspecified atom stereocenters. The molecule has 1 aliphatic heterocycles. The van der Waals surface area contributed by atoms with E-state index in [4.69, 9.17) is 9.15 Å². The zero-order valence-corrected chi connectivity index (χ0v) is 15.5. The minimum absolute atomic E-state index is 0.00378. The zero-order chi connectivity index (χ0) is 21.6. The van der Waals surface area contributed by atoms with Crippen LogP contribution in [0.5, 0.6) is 11.5 Å². The smallest absolute Gasteiger partial charge is 0.193 e. The van der Waals surface area contributed by atoms with Gasteiger partial charge in [0.25, 0.3) is 0 Å². The molecule has 0 saturated carbocycles. The highest BCUT2D eigenvalue weighted by Crippen LogP contribution is 2.38. The van der Waals surface area contributed by atoms with Crippen LogP contribution in [0.15, 0.2) is 51.7 Å². The van der Waals surface area contributed by atoms with E-state index in [1.807, 2.05) is 0 Å². The number of rotatable bonds is 3. The number of benzene rings is 2. The fraction of sp³-hybridized carbons (Fsp3) is 0.286. The van der Waals surface area contributed by atoms with Gasteiger partial charge in [-0.15, -0.1) is 0 Å². The van der Waals surface area contributed by atoms with Crippen molar-refractivity contribution in [1.82, 2.24) is 0 Å². The fourth-order valence-electron chi connectivity index (χ4n) is 3.56. The Morgan fingerprint density at radius 1 is 0.900 bits per heavy atom. The van der Waals surface area contributed by atoms with Crippen LogP contribution in [-0.2, 0) is 4.74 Å². The molecule has 0 bridgehead atoms. The van der Waals surface area contributed by atoms with Gasteiger partial charge in [-0.1, -0.05) is 0 Å². The monoisotopic (exact) mass is 416 g/mol. The molecule has 1 aromatic heterocycles. The lowest BCUT2D eigenvalue weighted by molar-refractivity contribution is -0.232. The summed E-state index contributed by atoms with van der Waals surface area (Å²) in [5, 5.41) is 59.6. The second kappa shape index (κ2) is 7.71. The third-order valence-corrected chi connectivity index (χ3v) is 5.23. The van der Waals surface area contributed by atoms with Crippen molar-refractivity contribution in [2.24, 2.45) is 0 Å². The number of hydrogen-bond donors (Lipinski definition) is 6. The molecule has 2 heterocycles. The van der Waals surface area contributed by atoms with Crippen LogP contribution in [0, 0.1) is 0 Å². The Bertz CT molecular complexity index is 1120. The van der Waals surface area contributed by atoms with Crippen molar-refractivity contribution in [2.45, 2.75) is 30.5 Å². The Morgan fingerprint density at radius 3 is 2.27 bits per heavy atom. The lowest BCUT2D eigenvalue weighted by Crippen LogP contribution is -2.55. The first-order valence-corrected chi connectivity index (χ1v) is 9.21. The second-order valence-corrected chi connectivity index (χ2v) is 7.18. The fourth-order valence-corrected chi connectivity index (χ4v) is 3.56. The average molecular weight is 416 g/mol. The van der Waals surface area contributed by atoms with Crippen molar-refractivity contribution < 1.29 is 39.8 Å². The summed E-state index contributed by atoms with van der Waals surface area (Å²) in [5.74, 6) is -0.0750. The molecule has 2 aromatic carbocycles. The summed E-state index contributed by atoms with van der Waals surface area (Å²) in [4.78, 5) is 12.7. The molecule has 30 heavy (non-hydrogen) atoms. The highest BCUT2D eigenvalue weighted by Gasteiger charge is 2.44. The van der Waals surface area contributed by atoms with Crippen LogP contribution in [0.4, 0.5) is 0 Å². The van der Waals surface area contributed by atoms with Gasteiger partial charge in [0.2, 0.25) is 0 Å². The van der Waals surface area contributed by atoms with E-state index in [1.165, 1.54) is 30.3 Å². The van der Waals surface area contributed by atoms with Crippen molar-refractivity contribution in [2.75, 3.05) is 6.61 Å². The van der Waals surface area contributed by atoms with Crippen LogP contribution in [0.2, 0.25) is 0 Å². The molecule has 0 amide bonds. The van der Waals surface area contributed by atoms with Crippen LogP contribution in [0.1, 0.15) is 11.7 Å². The van der Waals surface area contributed by atoms with Crippen LogP contribution in [0.25, 0.3) is 22.3 Å². The summed E-state index contributed by atoms with van der Waals surface area (Å²) < 4.78 is 11.2. The van der Waals surface area contributed by atoms with E-state index in [-0.39, 0.29) is 33.8 Å². The summed E-state index contributed by atoms with van der Waals surface area (Å²) in [6, 6.07) is 9.76. The summed E-state index contributed by atoms with van der Waals surface area (Å²) >= 11 is 0. The molecule has 1 fully saturated rings. The topological polar surface area (TPSA) is 161 Å². The van der Waals surface area contributed by atoms with Gasteiger partial charge >= 0.3 is 0 Å². The van der Waals surface area contributed by atoms with E-state index in [2.05, 4.69) is 0 Å². The van der Waals surface area contributed by atoms with Crippen LogP contribution in [0.3, 0.4) is 0 Å². The standard InChI is InChI=1S/C21H20O9/c22-8-17-18(26)19(27)20(28)21(30-17)12-5-11-13(24)6-15(29-16(11)7-14(12)25)9-1-3-10(23)4-2-9/h1-7,17-23,25-28H,8H2/t17-,18-,19+,20-,21+/m1/s1. The largest absolute Gasteiger partial charge is 0.508 e. The number of fused-ring (bicyclic) bond motifs is 1. The van der Waals surface area contributed by atoms with E-state index >= 15 is 0 Å². The van der Waals surface area contributed by atoms with Crippen LogP contribution in [-0.4, -0.2) is 61.7 Å². The number of phenolic OH excluding ortho intramolecular Hbond substituents is 2. The maximum Gasteiger partial charge on any atom is 0.193 e. The predicted octanol–water partition coefficient (Wildman–Crippen LogP) is 0.386. The number of aliphatic hydroxyl groups excluding tert-OH is 4. The Hall–Kier alpha value is -2.95. The summed E-state index contributed by atoms with van der Waals surface area (Å²) in [5.41, 5.74) is 0.204. The quantitative estimate of drug-likeness (QED) is 0.355. The maximum atomic E-state index is 12.7. The molecule has 0 spiro atoms. The molecule has 158 valence electrons. The normalized spacial score (nSPS) is 26.7. The van der Waals surface area contributed by atoms with Gasteiger partial charge in [0.15, 0.2) is 5.43 Å². The van der Waals surface area contributed by atoms with Gasteiger partial charge in [0.05, 0.1) is 12.0 Å². The number of aliphatic hydroxyl groups is 4. The molecule has 1 saturated heterocycles. The molecule has 3 aromatic rings. The van der Waals surface area contributed by atoms with E-state index in [1.54, 1.807) is 12.1 Å². The third-order valence-electron chi connectivity index (χ3n) is 5.23. The SMILES string of the molecule is O=c1cc(-c2ccc(O)cc2)oc2cc(O)c([C@@H]3O[C@H](CO)[C@@H](O)[C@H](O)[C@H]3O)cc12. The van der Waals surface area contributed by atoms with Gasteiger partial charge in [-0.05, 0) is 30.3 Å². The summed E-state index contributed by atoms with van der Waals surface area (Å²) in [6.45, 7) is -0.617. The molecule has 1 aliphatic rings. The molecule has 4 rings (SSSR count). The lowest BCUT2D eigenvalue weighted by Gasteiger charge is -2.40. The molecule has 9 heteroatoms. The molecule has 6 N–H and O–H groups in total. The first-order chi connectivity index (χ1) is 14.3. The Balaban J connectivity index is 1.79. The van der Waals surface area contributed by atoms with Crippen molar-refractivity contribution in [1.29, 1.82) is 0 Å². The number of hydrogen-bond acceptors (Lipinski definition) is 9. The second-order valence-electron chi connectivity index (χ2n) is 7.18. The van der Waals surface area contributed by atoms with E-state index in [0.717, 1.165) is 0 Å². The predicted molar refractivity (Wildman–Crippen MR) is 104 cm³/mol. The summed E-state index contributed by atoms with van der Waals surface area (Å²) in [6.07, 6.45) is -7.21. The van der Waals surface area contributed by atoms with Crippen LogP contribution < -0.4 is 5.43 Å². The van der Waals surface area contributed by atoms with Crippen molar-refractivity contribution in [3.05, 3.63) is 58.3 Å². The van der Waals surface area contributed by atoms with E-state index in [0.29, 0.717) is 5.56 Å². The zero-order valence-electron chi connectivity index (χ0n) is 15.5. The Labute approximate surface area is 169 Å². The van der Waals surface area contributed by atoms with Gasteiger partial charge in [-0.2, -0.15) is 0 Å². The minimum Gasteiger partial charge on any atom is -0.508 e. The van der Waals surface area contributed by atoms with Crippen molar-refractivity contribution in [3.63, 3.8) is 0 Å². The van der Waals surface area contributed by atoms with E-state index in [9.17, 15) is 35.4 Å². The van der Waals surface area contributed by atoms with Crippen molar-refractivity contribution in [3.8, 4) is 22.8 Å². The average Bonchev–Trinajstić information content (AvgIpc) is 2.73. The lowest BCUT2D eigenvalue weighted by atomic mass is 9.90. The molecule has 0 radical (unpaired) electrons.